The van der Waals surface area contributed by atoms with Crippen LogP contribution < -0.4 is 0 Å². The summed E-state index contributed by atoms with van der Waals surface area (Å²) < 4.78 is 1.71. The third-order valence-electron chi connectivity index (χ3n) is 4.14. The monoisotopic (exact) mass is 317 g/mol. The van der Waals surface area contributed by atoms with E-state index in [9.17, 15) is 4.79 Å². The molecule has 1 fully saturated rings. The molecule has 0 spiro atoms. The van der Waals surface area contributed by atoms with Crippen LogP contribution in [0.25, 0.3) is 0 Å². The fraction of sp³-hybridized carbons (Fsp3) is 0.412. The number of hydrogen-bond donors (Lipinski definition) is 0. The quantitative estimate of drug-likeness (QED) is 0.869. The minimum Gasteiger partial charge on any atom is -0.341 e. The molecule has 22 heavy (non-hydrogen) atoms. The molecule has 4 nitrogen and oxygen atoms in total. The number of amides is 1. The number of rotatable bonds is 4. The maximum Gasteiger partial charge on any atom is 0.244 e. The first-order valence-electron chi connectivity index (χ1n) is 7.61. The molecule has 2 heterocycles. The maximum absolute atomic E-state index is 12.3. The highest BCUT2D eigenvalue weighted by molar-refractivity contribution is 6.30. The van der Waals surface area contributed by atoms with Crippen molar-refractivity contribution in [1.82, 2.24) is 14.7 Å². The third-order valence-corrected chi connectivity index (χ3v) is 4.39. The van der Waals surface area contributed by atoms with Crippen LogP contribution in [0.4, 0.5) is 0 Å². The van der Waals surface area contributed by atoms with Gasteiger partial charge in [-0.2, -0.15) is 5.10 Å². The lowest BCUT2D eigenvalue weighted by molar-refractivity contribution is -0.131. The Bertz CT molecular complexity index is 650. The summed E-state index contributed by atoms with van der Waals surface area (Å²) in [5.74, 6) is 0.686. The van der Waals surface area contributed by atoms with Crippen LogP contribution in [0.5, 0.6) is 0 Å². The fourth-order valence-corrected chi connectivity index (χ4v) is 3.10. The minimum atomic E-state index is 0.154. The number of nitrogens with zero attached hydrogens (tertiary/aromatic N) is 3. The molecule has 1 saturated heterocycles. The second-order valence-electron chi connectivity index (χ2n) is 6.04. The second-order valence-corrected chi connectivity index (χ2v) is 6.48. The molecule has 1 aliphatic heterocycles. The van der Waals surface area contributed by atoms with Gasteiger partial charge in [-0.05, 0) is 48.9 Å². The largest absolute Gasteiger partial charge is 0.341 e. The van der Waals surface area contributed by atoms with E-state index >= 15 is 0 Å². The summed E-state index contributed by atoms with van der Waals surface area (Å²) in [5.41, 5.74) is 2.36. The van der Waals surface area contributed by atoms with Crippen LogP contribution >= 0.6 is 11.6 Å². The van der Waals surface area contributed by atoms with Crippen molar-refractivity contribution in [2.75, 3.05) is 13.1 Å². The van der Waals surface area contributed by atoms with Gasteiger partial charge >= 0.3 is 0 Å². The zero-order valence-corrected chi connectivity index (χ0v) is 13.5. The summed E-state index contributed by atoms with van der Waals surface area (Å²) >= 11 is 5.91. The van der Waals surface area contributed by atoms with Gasteiger partial charge in [0.1, 0.15) is 6.54 Å². The maximum atomic E-state index is 12.3. The Morgan fingerprint density at radius 3 is 2.82 bits per heavy atom. The predicted molar refractivity (Wildman–Crippen MR) is 86.8 cm³/mol. The average molecular weight is 318 g/mol. The van der Waals surface area contributed by atoms with Crippen LogP contribution in [-0.2, 0) is 17.8 Å². The number of aryl methyl sites for hydroxylation is 1. The zero-order chi connectivity index (χ0) is 15.5. The number of halogens is 1. The summed E-state index contributed by atoms with van der Waals surface area (Å²) in [7, 11) is 0. The van der Waals surface area contributed by atoms with E-state index in [-0.39, 0.29) is 5.91 Å². The molecule has 1 aromatic heterocycles. The predicted octanol–water partition coefficient (Wildman–Crippen LogP) is 2.94. The van der Waals surface area contributed by atoms with E-state index in [2.05, 4.69) is 17.2 Å². The van der Waals surface area contributed by atoms with Gasteiger partial charge in [-0.15, -0.1) is 0 Å². The van der Waals surface area contributed by atoms with Gasteiger partial charge in [0, 0.05) is 24.3 Å². The summed E-state index contributed by atoms with van der Waals surface area (Å²) in [6.07, 6.45) is 5.74. The van der Waals surface area contributed by atoms with Crippen molar-refractivity contribution < 1.29 is 4.79 Å². The van der Waals surface area contributed by atoms with Crippen LogP contribution in [-0.4, -0.2) is 33.7 Å². The Labute approximate surface area is 135 Å². The van der Waals surface area contributed by atoms with Gasteiger partial charge in [0.25, 0.3) is 0 Å². The summed E-state index contributed by atoms with van der Waals surface area (Å²) in [6, 6.07) is 7.99. The molecule has 2 aromatic rings. The van der Waals surface area contributed by atoms with E-state index in [1.54, 1.807) is 10.9 Å². The lowest BCUT2D eigenvalue weighted by Crippen LogP contribution is -2.32. The highest BCUT2D eigenvalue weighted by Crippen LogP contribution is 2.22. The highest BCUT2D eigenvalue weighted by atomic mass is 35.5. The summed E-state index contributed by atoms with van der Waals surface area (Å²) in [5, 5.41) is 4.94. The topological polar surface area (TPSA) is 38.1 Å². The van der Waals surface area contributed by atoms with Crippen molar-refractivity contribution in [1.29, 1.82) is 0 Å². The van der Waals surface area contributed by atoms with Crippen LogP contribution in [0.1, 0.15) is 17.5 Å². The van der Waals surface area contributed by atoms with E-state index in [4.69, 9.17) is 11.6 Å². The first-order chi connectivity index (χ1) is 10.6. The summed E-state index contributed by atoms with van der Waals surface area (Å²) in [6.45, 7) is 3.99. The van der Waals surface area contributed by atoms with Crippen molar-refractivity contribution >= 4 is 17.5 Å². The molecule has 116 valence electrons. The van der Waals surface area contributed by atoms with Crippen LogP contribution in [0.3, 0.4) is 0 Å². The molecule has 0 saturated carbocycles. The normalized spacial score (nSPS) is 17.9. The number of carbonyl (C=O) groups is 1. The summed E-state index contributed by atoms with van der Waals surface area (Å²) in [4.78, 5) is 14.3. The molecule has 1 atom stereocenters. The van der Waals surface area contributed by atoms with Crippen LogP contribution in [0, 0.1) is 12.8 Å². The molecule has 3 rings (SSSR count). The van der Waals surface area contributed by atoms with Crippen molar-refractivity contribution in [3.8, 4) is 0 Å². The lowest BCUT2D eigenvalue weighted by atomic mass is 9.99. The number of carbonyl (C=O) groups excluding carboxylic acids is 1. The van der Waals surface area contributed by atoms with Gasteiger partial charge < -0.3 is 4.90 Å². The third kappa shape index (κ3) is 3.69. The lowest BCUT2D eigenvalue weighted by Gasteiger charge is -2.16. The molecule has 0 N–H and O–H groups in total. The fourth-order valence-electron chi connectivity index (χ4n) is 2.97. The van der Waals surface area contributed by atoms with E-state index < -0.39 is 0 Å². The van der Waals surface area contributed by atoms with Gasteiger partial charge in [-0.25, -0.2) is 0 Å². The number of benzene rings is 1. The average Bonchev–Trinajstić information content (AvgIpc) is 3.11. The van der Waals surface area contributed by atoms with Gasteiger partial charge in [-0.3, -0.25) is 9.48 Å². The molecule has 0 bridgehead atoms. The van der Waals surface area contributed by atoms with Gasteiger partial charge in [-0.1, -0.05) is 23.7 Å². The zero-order valence-electron chi connectivity index (χ0n) is 12.7. The molecule has 1 aromatic carbocycles. The molecule has 0 radical (unpaired) electrons. The Hall–Kier alpha value is -1.81. The van der Waals surface area contributed by atoms with Gasteiger partial charge in [0.15, 0.2) is 0 Å². The highest BCUT2D eigenvalue weighted by Gasteiger charge is 2.26. The van der Waals surface area contributed by atoms with Crippen molar-refractivity contribution in [3.05, 3.63) is 52.8 Å². The first-order valence-corrected chi connectivity index (χ1v) is 7.99. The molecule has 1 aliphatic rings. The van der Waals surface area contributed by atoms with E-state index in [1.807, 2.05) is 30.2 Å². The molecule has 1 amide bonds. The molecule has 0 aliphatic carbocycles. The number of hydrogen-bond acceptors (Lipinski definition) is 2. The number of aromatic nitrogens is 2. The van der Waals surface area contributed by atoms with Crippen LogP contribution in [0.15, 0.2) is 36.7 Å². The van der Waals surface area contributed by atoms with E-state index in [1.165, 1.54) is 5.56 Å². The van der Waals surface area contributed by atoms with Crippen molar-refractivity contribution in [2.45, 2.75) is 26.3 Å². The van der Waals surface area contributed by atoms with Crippen molar-refractivity contribution in [3.63, 3.8) is 0 Å². The van der Waals surface area contributed by atoms with Gasteiger partial charge in [0.05, 0.1) is 6.20 Å². The Morgan fingerprint density at radius 2 is 2.14 bits per heavy atom. The molecular weight excluding hydrogens is 298 g/mol. The van der Waals surface area contributed by atoms with Gasteiger partial charge in [0.2, 0.25) is 5.91 Å². The molecule has 5 heteroatoms. The Balaban J connectivity index is 1.53. The van der Waals surface area contributed by atoms with Crippen molar-refractivity contribution in [2.24, 2.45) is 5.92 Å². The Kier molecular flexibility index (Phi) is 4.48. The van der Waals surface area contributed by atoms with E-state index in [0.29, 0.717) is 12.5 Å². The second kappa shape index (κ2) is 6.53. The molecular formula is C17H20ClN3O. The first kappa shape index (κ1) is 15.1. The molecule has 1 unspecified atom stereocenters. The SMILES string of the molecule is Cc1cnn(CC(=O)N2CCC(Cc3ccc(Cl)cc3)C2)c1. The van der Waals surface area contributed by atoms with Crippen LogP contribution in [0.2, 0.25) is 5.02 Å². The van der Waals surface area contributed by atoms with E-state index in [0.717, 1.165) is 36.5 Å². The number of likely N-dealkylation sites (tertiary alicyclic amines) is 1. The smallest absolute Gasteiger partial charge is 0.244 e. The standard InChI is InChI=1S/C17H20ClN3O/c1-13-9-19-21(10-13)12-17(22)20-7-6-15(11-20)8-14-2-4-16(18)5-3-14/h2-5,9-10,15H,6-8,11-12H2,1H3. The minimum absolute atomic E-state index is 0.154. The Morgan fingerprint density at radius 1 is 1.36 bits per heavy atom.